The minimum absolute atomic E-state index is 0.143. The maximum absolute atomic E-state index is 12.1. The molecular weight excluding hydrogens is 326 g/mol. The van der Waals surface area contributed by atoms with Gasteiger partial charge in [0.1, 0.15) is 12.1 Å². The van der Waals surface area contributed by atoms with Gasteiger partial charge < -0.3 is 19.7 Å². The average molecular weight is 351 g/mol. The van der Waals surface area contributed by atoms with E-state index in [0.29, 0.717) is 19.7 Å². The second-order valence-electron chi connectivity index (χ2n) is 5.55. The van der Waals surface area contributed by atoms with Crippen LogP contribution in [0.3, 0.4) is 0 Å². The number of nitrogens with zero attached hydrogens (tertiary/aromatic N) is 2. The molecule has 0 aromatic rings. The Morgan fingerprint density at radius 3 is 2.76 bits per heavy atom. The van der Waals surface area contributed by atoms with E-state index in [1.807, 2.05) is 0 Å². The van der Waals surface area contributed by atoms with E-state index in [1.54, 1.807) is 13.0 Å². The largest absolute Gasteiger partial charge is 0.466 e. The third-order valence-electron chi connectivity index (χ3n) is 3.65. The Morgan fingerprint density at radius 1 is 1.36 bits per heavy atom. The molecule has 1 aliphatic rings. The molecule has 1 rings (SSSR count). The molecule has 0 aliphatic carbocycles. The number of carbonyl (C=O) groups excluding carboxylic acids is 3. The van der Waals surface area contributed by atoms with Crippen molar-refractivity contribution in [2.24, 2.45) is 0 Å². The normalized spacial score (nSPS) is 17.5. The second-order valence-corrected chi connectivity index (χ2v) is 5.55. The zero-order valence-electron chi connectivity index (χ0n) is 14.7. The number of nitriles is 1. The molecule has 1 fully saturated rings. The first-order valence-corrected chi connectivity index (χ1v) is 8.51. The monoisotopic (exact) mass is 351 g/mol. The fourth-order valence-electron chi connectivity index (χ4n) is 2.35. The third kappa shape index (κ3) is 6.83. The highest BCUT2D eigenvalue weighted by molar-refractivity contribution is 5.93. The van der Waals surface area contributed by atoms with Gasteiger partial charge in [0.2, 0.25) is 5.91 Å². The van der Waals surface area contributed by atoms with Crippen molar-refractivity contribution in [2.45, 2.75) is 45.6 Å². The molecule has 1 aliphatic heterocycles. The zero-order valence-corrected chi connectivity index (χ0v) is 14.7. The van der Waals surface area contributed by atoms with Crippen LogP contribution in [0.2, 0.25) is 0 Å². The Balaban J connectivity index is 2.75. The summed E-state index contributed by atoms with van der Waals surface area (Å²) in [5.41, 5.74) is -0.210. The summed E-state index contributed by atoms with van der Waals surface area (Å²) in [6.45, 7) is 4.89. The number of ether oxygens (including phenoxy) is 2. The van der Waals surface area contributed by atoms with E-state index in [4.69, 9.17) is 14.7 Å². The maximum Gasteiger partial charge on any atom is 0.350 e. The van der Waals surface area contributed by atoms with Crippen molar-refractivity contribution in [2.75, 3.05) is 26.3 Å². The van der Waals surface area contributed by atoms with Crippen LogP contribution in [0.15, 0.2) is 11.8 Å². The lowest BCUT2D eigenvalue weighted by atomic mass is 10.1. The SMILES string of the molecule is CCCCCOC(=O)CC1C(=O)NCCN1/C=C(\C#N)C(=O)OCC. The van der Waals surface area contributed by atoms with Gasteiger partial charge in [-0.1, -0.05) is 19.8 Å². The Kier molecular flexibility index (Phi) is 9.07. The number of rotatable bonds is 9. The average Bonchev–Trinajstić information content (AvgIpc) is 2.59. The molecule has 25 heavy (non-hydrogen) atoms. The Bertz CT molecular complexity index is 553. The van der Waals surface area contributed by atoms with Crippen LogP contribution >= 0.6 is 0 Å². The van der Waals surface area contributed by atoms with Gasteiger partial charge in [-0.25, -0.2) is 4.79 Å². The summed E-state index contributed by atoms with van der Waals surface area (Å²) in [4.78, 5) is 37.3. The van der Waals surface area contributed by atoms with Crippen LogP contribution in [0.25, 0.3) is 0 Å². The van der Waals surface area contributed by atoms with Crippen LogP contribution in [0.1, 0.15) is 39.5 Å². The summed E-state index contributed by atoms with van der Waals surface area (Å²) < 4.78 is 9.95. The van der Waals surface area contributed by atoms with Crippen LogP contribution < -0.4 is 5.32 Å². The summed E-state index contributed by atoms with van der Waals surface area (Å²) in [6, 6.07) is 0.953. The van der Waals surface area contributed by atoms with Gasteiger partial charge in [-0.05, 0) is 13.3 Å². The molecule has 0 spiro atoms. The molecule has 0 radical (unpaired) electrons. The number of carbonyl (C=O) groups is 3. The first-order chi connectivity index (χ1) is 12.0. The Hall–Kier alpha value is -2.56. The minimum atomic E-state index is -0.815. The van der Waals surface area contributed by atoms with E-state index >= 15 is 0 Å². The molecular formula is C17H25N3O5. The van der Waals surface area contributed by atoms with Crippen LogP contribution in [-0.2, 0) is 23.9 Å². The lowest BCUT2D eigenvalue weighted by molar-refractivity contribution is -0.147. The molecule has 1 heterocycles. The van der Waals surface area contributed by atoms with Crippen molar-refractivity contribution >= 4 is 17.8 Å². The number of piperazine rings is 1. The van der Waals surface area contributed by atoms with Gasteiger partial charge in [-0.15, -0.1) is 0 Å². The molecule has 1 saturated heterocycles. The predicted molar refractivity (Wildman–Crippen MR) is 88.9 cm³/mol. The number of unbranched alkanes of at least 4 members (excludes halogenated alkanes) is 2. The molecule has 1 N–H and O–H groups in total. The van der Waals surface area contributed by atoms with Gasteiger partial charge in [0.05, 0.1) is 19.6 Å². The molecule has 0 bridgehead atoms. The van der Waals surface area contributed by atoms with E-state index < -0.39 is 18.0 Å². The van der Waals surface area contributed by atoms with E-state index in [2.05, 4.69) is 12.2 Å². The van der Waals surface area contributed by atoms with E-state index in [1.165, 1.54) is 11.1 Å². The molecule has 1 atom stereocenters. The van der Waals surface area contributed by atoms with Gasteiger partial charge in [-0.2, -0.15) is 5.26 Å². The summed E-state index contributed by atoms with van der Waals surface area (Å²) in [7, 11) is 0. The van der Waals surface area contributed by atoms with E-state index in [-0.39, 0.29) is 24.5 Å². The Morgan fingerprint density at radius 2 is 2.12 bits per heavy atom. The number of amides is 1. The van der Waals surface area contributed by atoms with Crippen LogP contribution in [-0.4, -0.2) is 55.1 Å². The summed E-state index contributed by atoms with van der Waals surface area (Å²) in [5, 5.41) is 11.8. The third-order valence-corrected chi connectivity index (χ3v) is 3.65. The highest BCUT2D eigenvalue weighted by atomic mass is 16.5. The maximum atomic E-state index is 12.1. The molecule has 1 amide bonds. The van der Waals surface area contributed by atoms with Gasteiger partial charge in [0, 0.05) is 19.3 Å². The number of hydrogen-bond donors (Lipinski definition) is 1. The summed E-state index contributed by atoms with van der Waals surface area (Å²) >= 11 is 0. The topological polar surface area (TPSA) is 109 Å². The van der Waals surface area contributed by atoms with E-state index in [0.717, 1.165) is 19.3 Å². The van der Waals surface area contributed by atoms with Gasteiger partial charge in [0.15, 0.2) is 5.57 Å². The number of nitrogens with one attached hydrogen (secondary N) is 1. The minimum Gasteiger partial charge on any atom is -0.466 e. The first kappa shape index (κ1) is 20.5. The smallest absolute Gasteiger partial charge is 0.350 e. The fraction of sp³-hybridized carbons (Fsp3) is 0.647. The summed E-state index contributed by atoms with van der Waals surface area (Å²) in [5.74, 6) is -1.57. The second kappa shape index (κ2) is 11.1. The number of esters is 2. The van der Waals surface area contributed by atoms with Crippen molar-refractivity contribution < 1.29 is 23.9 Å². The molecule has 138 valence electrons. The van der Waals surface area contributed by atoms with E-state index in [9.17, 15) is 14.4 Å². The zero-order chi connectivity index (χ0) is 18.7. The Labute approximate surface area is 147 Å². The van der Waals surface area contributed by atoms with Crippen LogP contribution in [0.5, 0.6) is 0 Å². The molecule has 0 aromatic heterocycles. The quantitative estimate of drug-likeness (QED) is 0.284. The van der Waals surface area contributed by atoms with Gasteiger partial charge in [0.25, 0.3) is 0 Å². The molecule has 0 saturated carbocycles. The van der Waals surface area contributed by atoms with Crippen LogP contribution in [0.4, 0.5) is 0 Å². The lowest BCUT2D eigenvalue weighted by Crippen LogP contribution is -2.54. The molecule has 8 heteroatoms. The van der Waals surface area contributed by atoms with Crippen LogP contribution in [0, 0.1) is 11.3 Å². The highest BCUT2D eigenvalue weighted by Crippen LogP contribution is 2.13. The lowest BCUT2D eigenvalue weighted by Gasteiger charge is -2.33. The fourth-order valence-corrected chi connectivity index (χ4v) is 2.35. The van der Waals surface area contributed by atoms with Gasteiger partial charge in [-0.3, -0.25) is 9.59 Å². The molecule has 1 unspecified atom stereocenters. The van der Waals surface area contributed by atoms with Gasteiger partial charge >= 0.3 is 11.9 Å². The van der Waals surface area contributed by atoms with Crippen molar-refractivity contribution in [3.05, 3.63) is 11.8 Å². The molecule has 8 nitrogen and oxygen atoms in total. The highest BCUT2D eigenvalue weighted by Gasteiger charge is 2.31. The van der Waals surface area contributed by atoms with Crippen molar-refractivity contribution in [3.63, 3.8) is 0 Å². The summed E-state index contributed by atoms with van der Waals surface area (Å²) in [6.07, 6.45) is 3.91. The standard InChI is InChI=1S/C17H25N3O5/c1-3-5-6-9-25-15(21)10-14-16(22)19-7-8-20(14)12-13(11-18)17(23)24-4-2/h12,14H,3-10H2,1-2H3,(H,19,22)/b13-12+. The van der Waals surface area contributed by atoms with Crippen molar-refractivity contribution in [3.8, 4) is 6.07 Å². The predicted octanol–water partition coefficient (Wildman–Crippen LogP) is 0.881. The molecule has 0 aromatic carbocycles. The van der Waals surface area contributed by atoms with Crippen molar-refractivity contribution in [1.82, 2.24) is 10.2 Å². The first-order valence-electron chi connectivity index (χ1n) is 8.51. The van der Waals surface area contributed by atoms with Crippen molar-refractivity contribution in [1.29, 1.82) is 5.26 Å². The number of hydrogen-bond acceptors (Lipinski definition) is 7.